The van der Waals surface area contributed by atoms with Crippen LogP contribution in [0.5, 0.6) is 0 Å². The normalized spacial score (nSPS) is 22.2. The number of nitriles is 1. The zero-order valence-electron chi connectivity index (χ0n) is 26.6. The van der Waals surface area contributed by atoms with Gasteiger partial charge in [-0.2, -0.15) is 5.26 Å². The average molecular weight is 658 g/mol. The number of alkyl halides is 2. The number of carbonyl (C=O) groups is 1. The number of benzene rings is 2. The predicted molar refractivity (Wildman–Crippen MR) is 166 cm³/mol. The molecule has 47 heavy (non-hydrogen) atoms. The Labute approximate surface area is 270 Å². The van der Waals surface area contributed by atoms with Crippen molar-refractivity contribution in [1.82, 2.24) is 10.1 Å². The third kappa shape index (κ3) is 6.92. The smallest absolute Gasteiger partial charge is 0.270 e. The van der Waals surface area contributed by atoms with Crippen LogP contribution in [0.25, 0.3) is 5.57 Å². The number of hydrogen-bond acceptors (Lipinski definition) is 9. The summed E-state index contributed by atoms with van der Waals surface area (Å²) < 4.78 is 57.8. The van der Waals surface area contributed by atoms with E-state index < -0.39 is 46.9 Å². The fourth-order valence-electron chi connectivity index (χ4n) is 6.48. The average Bonchev–Trinajstić information content (AvgIpc) is 3.43. The number of carbonyl (C=O) groups excluding carboxylic acids is 1. The number of hydrogen-bond donors (Lipinski definition) is 4. The van der Waals surface area contributed by atoms with E-state index in [4.69, 9.17) is 16.3 Å². The number of allylic oxidation sites excluding steroid dienone is 3. The zero-order chi connectivity index (χ0) is 34.8. The molecule has 0 radical (unpaired) electrons. The van der Waals surface area contributed by atoms with Gasteiger partial charge in [-0.15, -0.1) is 5.23 Å². The Bertz CT molecular complexity index is 1660. The van der Waals surface area contributed by atoms with Crippen molar-refractivity contribution in [1.29, 1.82) is 5.26 Å². The summed E-state index contributed by atoms with van der Waals surface area (Å²) in [5.41, 5.74) is 11.9. The molecular weight excluding hydrogens is 618 g/mol. The molecule has 0 aromatic heterocycles. The maximum atomic E-state index is 14.7. The third-order valence-electron chi connectivity index (χ3n) is 9.14. The molecule has 9 nitrogen and oxygen atoms in total. The first-order valence-corrected chi connectivity index (χ1v) is 15.1. The summed E-state index contributed by atoms with van der Waals surface area (Å²) >= 11 is 0. The van der Waals surface area contributed by atoms with E-state index in [1.807, 2.05) is 17.9 Å². The molecule has 0 amide bonds. The van der Waals surface area contributed by atoms with E-state index in [1.54, 1.807) is 0 Å². The standard InChI is InChI=1S/C34H39F4N5O4/c1-19(17-39)26(43(46)47-4)14-22(18-40)24-16-23(34(3,37)38)10-9-20(24)15-28(44)29-31(45)27(13-21-7-5-8-25(35)30(21)36)42-12-6-11-33(42,2)32(29)41/h5,7-10,14,16,18-19,27-28,44,46H,6,11-13,15,40-41H2,1-4H3/b22-18+,26-14+. The molecule has 0 bridgehead atoms. The highest BCUT2D eigenvalue weighted by atomic mass is 19.3. The highest BCUT2D eigenvalue weighted by Crippen LogP contribution is 2.43. The predicted octanol–water partition coefficient (Wildman–Crippen LogP) is 4.84. The van der Waals surface area contributed by atoms with Gasteiger partial charge >= 0.3 is 0 Å². The fourth-order valence-corrected chi connectivity index (χ4v) is 6.48. The molecule has 1 fully saturated rings. The van der Waals surface area contributed by atoms with Crippen LogP contribution >= 0.6 is 0 Å². The molecule has 4 unspecified atom stereocenters. The molecule has 2 aliphatic rings. The fraction of sp³-hybridized carbons (Fsp3) is 0.412. The van der Waals surface area contributed by atoms with Crippen LogP contribution in [0.15, 0.2) is 65.6 Å². The number of aliphatic hydroxyl groups is 1. The van der Waals surface area contributed by atoms with Gasteiger partial charge in [-0.05, 0) is 80.1 Å². The van der Waals surface area contributed by atoms with Gasteiger partial charge in [-0.1, -0.05) is 24.3 Å². The number of halogens is 4. The lowest BCUT2D eigenvalue weighted by Crippen LogP contribution is -2.60. The summed E-state index contributed by atoms with van der Waals surface area (Å²) in [6.45, 7) is 4.51. The van der Waals surface area contributed by atoms with Crippen molar-refractivity contribution in [3.63, 3.8) is 0 Å². The summed E-state index contributed by atoms with van der Waals surface area (Å²) in [5.74, 6) is -6.83. The largest absolute Gasteiger partial charge is 0.404 e. The van der Waals surface area contributed by atoms with E-state index in [9.17, 15) is 37.9 Å². The van der Waals surface area contributed by atoms with Crippen LogP contribution in [-0.4, -0.2) is 57.6 Å². The summed E-state index contributed by atoms with van der Waals surface area (Å²) in [4.78, 5) is 20.8. The molecule has 0 spiro atoms. The van der Waals surface area contributed by atoms with Gasteiger partial charge in [0.1, 0.15) is 0 Å². The first kappa shape index (κ1) is 35.6. The van der Waals surface area contributed by atoms with Crippen molar-refractivity contribution in [3.05, 3.63) is 99.5 Å². The summed E-state index contributed by atoms with van der Waals surface area (Å²) in [7, 11) is 1.16. The van der Waals surface area contributed by atoms with Crippen LogP contribution in [0, 0.1) is 28.9 Å². The molecule has 1 saturated heterocycles. The van der Waals surface area contributed by atoms with E-state index in [2.05, 4.69) is 0 Å². The Balaban J connectivity index is 1.80. The van der Waals surface area contributed by atoms with Gasteiger partial charge in [0.05, 0.1) is 42.5 Å². The van der Waals surface area contributed by atoms with E-state index in [-0.39, 0.29) is 52.1 Å². The number of rotatable bonds is 11. The molecule has 4 rings (SSSR count). The van der Waals surface area contributed by atoms with Crippen LogP contribution in [0.4, 0.5) is 17.6 Å². The maximum absolute atomic E-state index is 14.7. The van der Waals surface area contributed by atoms with E-state index >= 15 is 0 Å². The van der Waals surface area contributed by atoms with Crippen LogP contribution in [0.2, 0.25) is 0 Å². The molecule has 0 aliphatic carbocycles. The van der Waals surface area contributed by atoms with Gasteiger partial charge in [0.2, 0.25) is 0 Å². The molecular formula is C34H39F4N5O4. The quantitative estimate of drug-likeness (QED) is 0.151. The number of ketones is 1. The molecule has 2 aromatic rings. The lowest BCUT2D eigenvalue weighted by molar-refractivity contribution is -0.302. The summed E-state index contributed by atoms with van der Waals surface area (Å²) in [6, 6.07) is 8.50. The van der Waals surface area contributed by atoms with Crippen molar-refractivity contribution in [3.8, 4) is 6.07 Å². The zero-order valence-corrected chi connectivity index (χ0v) is 26.6. The van der Waals surface area contributed by atoms with E-state index in [0.717, 1.165) is 19.4 Å². The first-order valence-electron chi connectivity index (χ1n) is 15.1. The van der Waals surface area contributed by atoms with Crippen LogP contribution < -0.4 is 11.5 Å². The minimum atomic E-state index is -3.26. The van der Waals surface area contributed by atoms with Crippen LogP contribution in [0.3, 0.4) is 0 Å². The summed E-state index contributed by atoms with van der Waals surface area (Å²) in [6.07, 6.45) is 1.66. The second-order valence-corrected chi connectivity index (χ2v) is 12.2. The Morgan fingerprint density at radius 3 is 2.62 bits per heavy atom. The lowest BCUT2D eigenvalue weighted by Gasteiger charge is -2.46. The van der Waals surface area contributed by atoms with Crippen molar-refractivity contribution < 1.29 is 37.5 Å². The van der Waals surface area contributed by atoms with E-state index in [1.165, 1.54) is 43.3 Å². The van der Waals surface area contributed by atoms with E-state index in [0.29, 0.717) is 37.1 Å². The van der Waals surface area contributed by atoms with Gasteiger partial charge in [0.15, 0.2) is 17.4 Å². The molecule has 0 saturated carbocycles. The van der Waals surface area contributed by atoms with Gasteiger partial charge < -0.3 is 16.6 Å². The number of nitrogens with two attached hydrogens (primary N) is 2. The Hall–Kier alpha value is -4.22. The van der Waals surface area contributed by atoms with Crippen LogP contribution in [0.1, 0.15) is 55.9 Å². The second kappa shape index (κ2) is 13.9. The maximum Gasteiger partial charge on any atom is 0.270 e. The van der Waals surface area contributed by atoms with Gasteiger partial charge in [0.25, 0.3) is 5.92 Å². The van der Waals surface area contributed by atoms with Crippen molar-refractivity contribution in [2.24, 2.45) is 17.4 Å². The molecule has 2 aromatic carbocycles. The third-order valence-corrected chi connectivity index (χ3v) is 9.14. The molecule has 2 aliphatic heterocycles. The summed E-state index contributed by atoms with van der Waals surface area (Å²) in [5, 5.41) is 31.8. The minimum Gasteiger partial charge on any atom is -0.404 e. The van der Waals surface area contributed by atoms with Gasteiger partial charge in [0, 0.05) is 36.4 Å². The molecule has 2 heterocycles. The molecule has 252 valence electrons. The number of hydroxylamine groups is 2. The monoisotopic (exact) mass is 657 g/mol. The first-order chi connectivity index (χ1) is 22.1. The van der Waals surface area contributed by atoms with Crippen molar-refractivity contribution in [2.75, 3.05) is 13.7 Å². The highest BCUT2D eigenvalue weighted by Gasteiger charge is 2.51. The number of Topliss-reactive ketones (excluding diaryl/α,β-unsaturated/α-hetero) is 1. The molecule has 4 atom stereocenters. The topological polar surface area (TPSA) is 149 Å². The van der Waals surface area contributed by atoms with Crippen molar-refractivity contribution >= 4 is 11.4 Å². The minimum absolute atomic E-state index is 0.00572. The molecule has 6 N–H and O–H groups in total. The Morgan fingerprint density at radius 1 is 1.30 bits per heavy atom. The number of aliphatic hydroxyl groups excluding tert-OH is 1. The van der Waals surface area contributed by atoms with Gasteiger partial charge in [-0.3, -0.25) is 19.7 Å². The van der Waals surface area contributed by atoms with Gasteiger partial charge in [-0.25, -0.2) is 17.6 Å². The highest BCUT2D eigenvalue weighted by molar-refractivity contribution is 6.02. The lowest BCUT2D eigenvalue weighted by atomic mass is 9.78. The number of fused-ring (bicyclic) bond motifs is 1. The molecule has 13 heteroatoms. The SMILES string of the molecule is CON(O)/C(=C/C(=C\N)c1cc(C(C)(F)F)ccc1CC(O)C1=C(N)C2(C)CCCN2C(Cc2cccc(F)c2F)C1=O)C(C)C#N. The Kier molecular flexibility index (Phi) is 10.5. The van der Waals surface area contributed by atoms with Crippen molar-refractivity contribution in [2.45, 2.75) is 70.1 Å². The Morgan fingerprint density at radius 2 is 2.00 bits per heavy atom. The second-order valence-electron chi connectivity index (χ2n) is 12.2. The van der Waals surface area contributed by atoms with Crippen LogP contribution in [-0.2, 0) is 28.4 Å². The number of nitrogens with zero attached hydrogens (tertiary/aromatic N) is 3.